The predicted octanol–water partition coefficient (Wildman–Crippen LogP) is 0.134. The van der Waals surface area contributed by atoms with Crippen LogP contribution in [-0.4, -0.2) is 60.4 Å². The quantitative estimate of drug-likeness (QED) is 0.599. The Labute approximate surface area is 137 Å². The van der Waals surface area contributed by atoms with Crippen LogP contribution in [-0.2, 0) is 11.3 Å². The van der Waals surface area contributed by atoms with Gasteiger partial charge in [0.2, 0.25) is 5.91 Å². The summed E-state index contributed by atoms with van der Waals surface area (Å²) in [6, 6.07) is 0. The van der Waals surface area contributed by atoms with Crippen molar-refractivity contribution in [2.24, 2.45) is 0 Å². The van der Waals surface area contributed by atoms with Crippen LogP contribution in [0.15, 0.2) is 6.20 Å². The lowest BCUT2D eigenvalue weighted by atomic mass is 9.75. The number of hydrogen-bond acceptors (Lipinski definition) is 5. The summed E-state index contributed by atoms with van der Waals surface area (Å²) in [5.74, 6) is 0.651. The second kappa shape index (κ2) is 6.98. The molecule has 0 radical (unpaired) electrons. The van der Waals surface area contributed by atoms with Gasteiger partial charge < -0.3 is 15.5 Å². The number of aromatic nitrogens is 2. The third-order valence-corrected chi connectivity index (χ3v) is 5.29. The number of rotatable bonds is 6. The smallest absolute Gasteiger partial charge is 0.241 e. The van der Waals surface area contributed by atoms with Gasteiger partial charge in [0, 0.05) is 36.8 Å². The van der Waals surface area contributed by atoms with Crippen molar-refractivity contribution in [3.8, 4) is 0 Å². The molecule has 2 aliphatic rings. The average molecular weight is 320 g/mol. The Morgan fingerprint density at radius 1 is 1.43 bits per heavy atom. The van der Waals surface area contributed by atoms with Crippen LogP contribution in [0.3, 0.4) is 0 Å². The predicted molar refractivity (Wildman–Crippen MR) is 88.9 cm³/mol. The van der Waals surface area contributed by atoms with Crippen molar-refractivity contribution < 1.29 is 4.79 Å². The lowest BCUT2D eigenvalue weighted by molar-refractivity contribution is -0.125. The fourth-order valence-electron chi connectivity index (χ4n) is 3.82. The Bertz CT molecular complexity index is 534. The van der Waals surface area contributed by atoms with Crippen LogP contribution in [0.5, 0.6) is 0 Å². The molecule has 0 atom stereocenters. The van der Waals surface area contributed by atoms with Crippen molar-refractivity contribution in [1.82, 2.24) is 31.0 Å². The SMILES string of the molecule is CNCCN(C)Cc1cn[nH]c1C1CCC2(CC1)NCNC2=O. The Morgan fingerprint density at radius 3 is 2.87 bits per heavy atom. The third-order valence-electron chi connectivity index (χ3n) is 5.29. The Kier molecular flexibility index (Phi) is 4.99. The fourth-order valence-corrected chi connectivity index (χ4v) is 3.82. The van der Waals surface area contributed by atoms with Gasteiger partial charge in [-0.05, 0) is 39.8 Å². The van der Waals surface area contributed by atoms with Crippen molar-refractivity contribution in [3.05, 3.63) is 17.5 Å². The maximum absolute atomic E-state index is 12.1. The van der Waals surface area contributed by atoms with Crippen LogP contribution < -0.4 is 16.0 Å². The van der Waals surface area contributed by atoms with E-state index in [4.69, 9.17) is 0 Å². The average Bonchev–Trinajstić information content (AvgIpc) is 3.14. The maximum atomic E-state index is 12.1. The molecule has 0 unspecified atom stereocenters. The lowest BCUT2D eigenvalue weighted by Crippen LogP contribution is -2.48. The van der Waals surface area contributed by atoms with Gasteiger partial charge in [0.1, 0.15) is 0 Å². The normalized spacial score (nSPS) is 27.8. The van der Waals surface area contributed by atoms with Gasteiger partial charge in [0.15, 0.2) is 0 Å². The summed E-state index contributed by atoms with van der Waals surface area (Å²) in [6.45, 7) is 3.51. The second-order valence-corrected chi connectivity index (χ2v) is 6.87. The van der Waals surface area contributed by atoms with Gasteiger partial charge in [-0.2, -0.15) is 5.10 Å². The molecule has 7 heteroatoms. The van der Waals surface area contributed by atoms with Gasteiger partial charge in [0.05, 0.1) is 18.4 Å². The molecule has 1 amide bonds. The number of likely N-dealkylation sites (N-methyl/N-ethyl adjacent to an activating group) is 2. The Hall–Kier alpha value is -1.44. The molecule has 0 bridgehead atoms. The van der Waals surface area contributed by atoms with E-state index in [9.17, 15) is 4.79 Å². The number of amides is 1. The van der Waals surface area contributed by atoms with E-state index in [1.54, 1.807) is 0 Å². The molecule has 128 valence electrons. The molecule has 1 saturated heterocycles. The first-order valence-electron chi connectivity index (χ1n) is 8.53. The highest BCUT2D eigenvalue weighted by atomic mass is 16.2. The number of carbonyl (C=O) groups excluding carboxylic acids is 1. The monoisotopic (exact) mass is 320 g/mol. The number of H-pyrrole nitrogens is 1. The number of aromatic amines is 1. The molecule has 4 N–H and O–H groups in total. The minimum atomic E-state index is -0.319. The number of hydrogen-bond donors (Lipinski definition) is 4. The van der Waals surface area contributed by atoms with E-state index in [0.29, 0.717) is 12.6 Å². The molecule has 1 aromatic heterocycles. The first-order valence-corrected chi connectivity index (χ1v) is 8.53. The van der Waals surface area contributed by atoms with E-state index >= 15 is 0 Å². The van der Waals surface area contributed by atoms with Crippen molar-refractivity contribution >= 4 is 5.91 Å². The highest BCUT2D eigenvalue weighted by Gasteiger charge is 2.45. The van der Waals surface area contributed by atoms with Crippen LogP contribution >= 0.6 is 0 Å². The molecule has 1 aliphatic heterocycles. The minimum absolute atomic E-state index is 0.174. The van der Waals surface area contributed by atoms with Crippen LogP contribution in [0.25, 0.3) is 0 Å². The van der Waals surface area contributed by atoms with Crippen molar-refractivity contribution in [3.63, 3.8) is 0 Å². The molecule has 1 saturated carbocycles. The Balaban J connectivity index is 1.61. The standard InChI is InChI=1S/C16H28N6O/c1-17-7-8-22(2)10-13-9-20-21-14(13)12-3-5-16(6-4-12)15(23)18-11-19-16/h9,12,17,19H,3-8,10-11H2,1-2H3,(H,18,23)(H,20,21). The summed E-state index contributed by atoms with van der Waals surface area (Å²) in [7, 11) is 4.11. The van der Waals surface area contributed by atoms with Crippen molar-refractivity contribution in [2.75, 3.05) is 33.9 Å². The van der Waals surface area contributed by atoms with E-state index in [-0.39, 0.29) is 11.4 Å². The van der Waals surface area contributed by atoms with Gasteiger partial charge in [-0.15, -0.1) is 0 Å². The molecule has 1 spiro atoms. The molecule has 0 aromatic carbocycles. The summed E-state index contributed by atoms with van der Waals surface area (Å²) >= 11 is 0. The molecule has 1 aromatic rings. The van der Waals surface area contributed by atoms with E-state index in [1.165, 1.54) is 11.3 Å². The van der Waals surface area contributed by atoms with Crippen LogP contribution in [0, 0.1) is 0 Å². The summed E-state index contributed by atoms with van der Waals surface area (Å²) in [6.07, 6.45) is 5.80. The summed E-state index contributed by atoms with van der Waals surface area (Å²) in [4.78, 5) is 14.4. The summed E-state index contributed by atoms with van der Waals surface area (Å²) in [5, 5.41) is 16.9. The molecular weight excluding hydrogens is 292 g/mol. The summed E-state index contributed by atoms with van der Waals surface area (Å²) < 4.78 is 0. The Morgan fingerprint density at radius 2 is 2.22 bits per heavy atom. The van der Waals surface area contributed by atoms with Crippen LogP contribution in [0.2, 0.25) is 0 Å². The largest absolute Gasteiger partial charge is 0.342 e. The van der Waals surface area contributed by atoms with Gasteiger partial charge in [0.25, 0.3) is 0 Å². The fraction of sp³-hybridized carbons (Fsp3) is 0.750. The topological polar surface area (TPSA) is 85.1 Å². The number of carbonyl (C=O) groups is 1. The van der Waals surface area contributed by atoms with Crippen LogP contribution in [0.4, 0.5) is 0 Å². The van der Waals surface area contributed by atoms with E-state index in [1.807, 2.05) is 13.2 Å². The van der Waals surface area contributed by atoms with Gasteiger partial charge in [-0.1, -0.05) is 0 Å². The molecule has 7 nitrogen and oxygen atoms in total. The molecule has 1 aliphatic carbocycles. The zero-order chi connectivity index (χ0) is 16.3. The van der Waals surface area contributed by atoms with Crippen molar-refractivity contribution in [2.45, 2.75) is 43.7 Å². The number of nitrogens with one attached hydrogen (secondary N) is 4. The molecule has 23 heavy (non-hydrogen) atoms. The molecule has 2 heterocycles. The highest BCUT2D eigenvalue weighted by Crippen LogP contribution is 2.39. The van der Waals surface area contributed by atoms with E-state index in [0.717, 1.165) is 45.3 Å². The minimum Gasteiger partial charge on any atom is -0.342 e. The van der Waals surface area contributed by atoms with Gasteiger partial charge in [-0.25, -0.2) is 0 Å². The first-order chi connectivity index (χ1) is 11.1. The molecule has 2 fully saturated rings. The highest BCUT2D eigenvalue weighted by molar-refractivity contribution is 5.88. The van der Waals surface area contributed by atoms with E-state index in [2.05, 4.69) is 38.1 Å². The zero-order valence-corrected chi connectivity index (χ0v) is 14.1. The summed E-state index contributed by atoms with van der Waals surface area (Å²) in [5.41, 5.74) is 2.23. The van der Waals surface area contributed by atoms with Gasteiger partial charge >= 0.3 is 0 Å². The lowest BCUT2D eigenvalue weighted by Gasteiger charge is -2.35. The third kappa shape index (κ3) is 3.41. The molecule has 3 rings (SSSR count). The zero-order valence-electron chi connectivity index (χ0n) is 14.1. The second-order valence-electron chi connectivity index (χ2n) is 6.87. The first kappa shape index (κ1) is 16.4. The van der Waals surface area contributed by atoms with Crippen LogP contribution in [0.1, 0.15) is 42.9 Å². The van der Waals surface area contributed by atoms with Gasteiger partial charge in [-0.3, -0.25) is 15.2 Å². The molecular formula is C16H28N6O. The van der Waals surface area contributed by atoms with E-state index < -0.39 is 0 Å². The van der Waals surface area contributed by atoms with Crippen molar-refractivity contribution in [1.29, 1.82) is 0 Å². The number of nitrogens with zero attached hydrogens (tertiary/aromatic N) is 2. The maximum Gasteiger partial charge on any atom is 0.241 e.